The first kappa shape index (κ1) is 38.0. The fourth-order valence-electron chi connectivity index (χ4n) is 6.32. The van der Waals surface area contributed by atoms with Crippen LogP contribution >= 0.6 is 0 Å². The standard InChI is InChI=1S/C43H48N2O7/c1-50-30-39-41(34-17-9-4-10-18-34)52-43(49)36(25-31-13-5-2-6-14-31)20-12-11-19-35(42(48)45-39)27-40(47)44-37(28-46)26-32-21-23-38(24-22-32)51-29-33-15-7-3-8-16-33/h2-18,21-24,35-37,39,41,46H,19-20,25-30H2,1H3,(H,44,47)(H,45,48). The predicted molar refractivity (Wildman–Crippen MR) is 199 cm³/mol. The fourth-order valence-corrected chi connectivity index (χ4v) is 6.32. The number of ether oxygens (including phenoxy) is 3. The average molecular weight is 705 g/mol. The van der Waals surface area contributed by atoms with E-state index in [9.17, 15) is 19.5 Å². The van der Waals surface area contributed by atoms with E-state index in [1.54, 1.807) is 0 Å². The quantitative estimate of drug-likeness (QED) is 0.110. The molecule has 2 amide bonds. The second kappa shape index (κ2) is 20.0. The number of nitrogens with one attached hydrogen (secondary N) is 2. The highest BCUT2D eigenvalue weighted by Crippen LogP contribution is 2.27. The Labute approximate surface area is 306 Å². The first-order valence-electron chi connectivity index (χ1n) is 17.8. The lowest BCUT2D eigenvalue weighted by molar-refractivity contribution is -0.158. The Morgan fingerprint density at radius 2 is 1.44 bits per heavy atom. The van der Waals surface area contributed by atoms with Crippen molar-refractivity contribution in [1.29, 1.82) is 0 Å². The highest BCUT2D eigenvalue weighted by atomic mass is 16.5. The molecule has 5 unspecified atom stereocenters. The lowest BCUT2D eigenvalue weighted by Gasteiger charge is -2.31. The molecule has 0 spiro atoms. The first-order chi connectivity index (χ1) is 25.4. The number of carbonyl (C=O) groups is 3. The Morgan fingerprint density at radius 3 is 2.08 bits per heavy atom. The monoisotopic (exact) mass is 704 g/mol. The molecule has 4 aromatic carbocycles. The molecule has 1 aliphatic heterocycles. The van der Waals surface area contributed by atoms with Crippen molar-refractivity contribution in [1.82, 2.24) is 10.6 Å². The zero-order valence-corrected chi connectivity index (χ0v) is 29.6. The zero-order valence-electron chi connectivity index (χ0n) is 29.6. The van der Waals surface area contributed by atoms with Crippen LogP contribution in [0, 0.1) is 11.8 Å². The van der Waals surface area contributed by atoms with E-state index < -0.39 is 30.0 Å². The number of aliphatic hydroxyl groups is 1. The molecule has 272 valence electrons. The highest BCUT2D eigenvalue weighted by molar-refractivity contribution is 5.86. The molecule has 0 fully saturated rings. The topological polar surface area (TPSA) is 123 Å². The summed E-state index contributed by atoms with van der Waals surface area (Å²) in [7, 11) is 1.53. The zero-order chi connectivity index (χ0) is 36.5. The smallest absolute Gasteiger partial charge is 0.310 e. The number of allylic oxidation sites excluding steroid dienone is 2. The molecule has 5 rings (SSSR count). The molecule has 1 aliphatic rings. The third-order valence-corrected chi connectivity index (χ3v) is 9.12. The Hall–Kier alpha value is -5.25. The molecule has 0 aromatic heterocycles. The average Bonchev–Trinajstić information content (AvgIpc) is 3.17. The van der Waals surface area contributed by atoms with E-state index >= 15 is 0 Å². The van der Waals surface area contributed by atoms with Crippen LogP contribution in [-0.4, -0.2) is 55.3 Å². The summed E-state index contributed by atoms with van der Waals surface area (Å²) in [5, 5.41) is 16.1. The van der Waals surface area contributed by atoms with Crippen molar-refractivity contribution in [2.45, 2.75) is 56.9 Å². The molecule has 1 heterocycles. The maximum Gasteiger partial charge on any atom is 0.310 e. The molecule has 9 heteroatoms. The van der Waals surface area contributed by atoms with E-state index in [0.717, 1.165) is 28.0 Å². The molecule has 5 atom stereocenters. The van der Waals surface area contributed by atoms with Crippen LogP contribution < -0.4 is 15.4 Å². The van der Waals surface area contributed by atoms with Gasteiger partial charge in [-0.15, -0.1) is 0 Å². The van der Waals surface area contributed by atoms with E-state index in [1.165, 1.54) is 7.11 Å². The van der Waals surface area contributed by atoms with Crippen LogP contribution in [0.2, 0.25) is 0 Å². The number of hydrogen-bond acceptors (Lipinski definition) is 7. The van der Waals surface area contributed by atoms with E-state index in [-0.39, 0.29) is 43.8 Å². The van der Waals surface area contributed by atoms with Crippen molar-refractivity contribution in [3.8, 4) is 5.75 Å². The number of esters is 1. The number of amides is 2. The van der Waals surface area contributed by atoms with Gasteiger partial charge in [0.25, 0.3) is 0 Å². The van der Waals surface area contributed by atoms with Gasteiger partial charge in [-0.25, -0.2) is 0 Å². The third kappa shape index (κ3) is 11.6. The molecule has 0 aliphatic carbocycles. The predicted octanol–water partition coefficient (Wildman–Crippen LogP) is 5.92. The Balaban J connectivity index is 1.27. The molecule has 3 N–H and O–H groups in total. The number of hydrogen-bond donors (Lipinski definition) is 3. The molecule has 0 saturated carbocycles. The van der Waals surface area contributed by atoms with Crippen molar-refractivity contribution in [2.24, 2.45) is 11.8 Å². The van der Waals surface area contributed by atoms with Crippen LogP contribution in [0.3, 0.4) is 0 Å². The number of methoxy groups -OCH3 is 1. The lowest BCUT2D eigenvalue weighted by atomic mass is 9.93. The van der Waals surface area contributed by atoms with Crippen molar-refractivity contribution in [3.63, 3.8) is 0 Å². The van der Waals surface area contributed by atoms with E-state index in [2.05, 4.69) is 10.6 Å². The van der Waals surface area contributed by atoms with Gasteiger partial charge in [0.15, 0.2) is 0 Å². The van der Waals surface area contributed by atoms with Gasteiger partial charge in [-0.1, -0.05) is 115 Å². The SMILES string of the molecule is COCC1NC(=O)C(CC(=O)NC(CO)Cc2ccc(OCc3ccccc3)cc2)CC=CCC(Cc2ccccc2)C(=O)OC1c1ccccc1. The molecule has 9 nitrogen and oxygen atoms in total. The second-order valence-electron chi connectivity index (χ2n) is 13.1. The Kier molecular flexibility index (Phi) is 14.6. The fraction of sp³-hybridized carbons (Fsp3) is 0.326. The van der Waals surface area contributed by atoms with Crippen molar-refractivity contribution in [3.05, 3.63) is 150 Å². The minimum absolute atomic E-state index is 0.0827. The number of carbonyl (C=O) groups excluding carboxylic acids is 3. The van der Waals surface area contributed by atoms with Gasteiger partial charge in [0.05, 0.1) is 37.1 Å². The van der Waals surface area contributed by atoms with Crippen LogP contribution in [0.25, 0.3) is 0 Å². The van der Waals surface area contributed by atoms with Gasteiger partial charge >= 0.3 is 5.97 Å². The molecule has 0 radical (unpaired) electrons. The summed E-state index contributed by atoms with van der Waals surface area (Å²) < 4.78 is 17.6. The normalized spacial score (nSPS) is 20.0. The summed E-state index contributed by atoms with van der Waals surface area (Å²) in [5.74, 6) is -1.51. The Bertz CT molecular complexity index is 1720. The highest BCUT2D eigenvalue weighted by Gasteiger charge is 2.34. The van der Waals surface area contributed by atoms with E-state index in [0.29, 0.717) is 25.9 Å². The van der Waals surface area contributed by atoms with Crippen LogP contribution in [0.4, 0.5) is 0 Å². The third-order valence-electron chi connectivity index (χ3n) is 9.12. The maximum atomic E-state index is 13.9. The summed E-state index contributed by atoms with van der Waals surface area (Å²) in [6.45, 7) is 0.273. The summed E-state index contributed by atoms with van der Waals surface area (Å²) in [5.41, 5.74) is 3.73. The molecule has 52 heavy (non-hydrogen) atoms. The molecular formula is C43H48N2O7. The summed E-state index contributed by atoms with van der Waals surface area (Å²) in [4.78, 5) is 41.0. The summed E-state index contributed by atoms with van der Waals surface area (Å²) in [6.07, 6.45) is 4.43. The van der Waals surface area contributed by atoms with Gasteiger partial charge in [0.2, 0.25) is 11.8 Å². The van der Waals surface area contributed by atoms with E-state index in [4.69, 9.17) is 14.2 Å². The number of rotatable bonds is 14. The number of benzene rings is 4. The molecule has 0 bridgehead atoms. The van der Waals surface area contributed by atoms with Gasteiger partial charge in [0.1, 0.15) is 18.5 Å². The van der Waals surface area contributed by atoms with Crippen molar-refractivity contribution >= 4 is 17.8 Å². The number of aliphatic hydroxyl groups excluding tert-OH is 1. The van der Waals surface area contributed by atoms with Crippen molar-refractivity contribution < 1.29 is 33.7 Å². The largest absolute Gasteiger partial charge is 0.489 e. The number of cyclic esters (lactones) is 1. The second-order valence-corrected chi connectivity index (χ2v) is 13.1. The van der Waals surface area contributed by atoms with E-state index in [1.807, 2.05) is 127 Å². The molecule has 0 saturated heterocycles. The van der Waals surface area contributed by atoms with Gasteiger partial charge in [0, 0.05) is 13.5 Å². The van der Waals surface area contributed by atoms with Gasteiger partial charge in [-0.05, 0) is 60.1 Å². The molecular weight excluding hydrogens is 656 g/mol. The van der Waals surface area contributed by atoms with Crippen molar-refractivity contribution in [2.75, 3.05) is 20.3 Å². The van der Waals surface area contributed by atoms with Crippen LogP contribution in [0.5, 0.6) is 5.75 Å². The van der Waals surface area contributed by atoms with Crippen LogP contribution in [0.1, 0.15) is 47.6 Å². The maximum absolute atomic E-state index is 13.9. The van der Waals surface area contributed by atoms with Gasteiger partial charge < -0.3 is 30.0 Å². The van der Waals surface area contributed by atoms with Gasteiger partial charge in [-0.3, -0.25) is 14.4 Å². The Morgan fingerprint density at radius 1 is 0.827 bits per heavy atom. The first-order valence-corrected chi connectivity index (χ1v) is 17.8. The minimum Gasteiger partial charge on any atom is -0.489 e. The summed E-state index contributed by atoms with van der Waals surface area (Å²) >= 11 is 0. The minimum atomic E-state index is -0.817. The van der Waals surface area contributed by atoms with Gasteiger partial charge in [-0.2, -0.15) is 0 Å². The van der Waals surface area contributed by atoms with Crippen LogP contribution in [-0.2, 0) is 43.3 Å². The van der Waals surface area contributed by atoms with Crippen LogP contribution in [0.15, 0.2) is 127 Å². The lowest BCUT2D eigenvalue weighted by Crippen LogP contribution is -2.48. The summed E-state index contributed by atoms with van der Waals surface area (Å²) in [6, 6.07) is 35.3. The molecule has 4 aromatic rings.